The molecule has 0 aliphatic carbocycles. The van der Waals surface area contributed by atoms with Crippen LogP contribution >= 0.6 is 0 Å². The predicted octanol–water partition coefficient (Wildman–Crippen LogP) is 6.89. The summed E-state index contributed by atoms with van der Waals surface area (Å²) < 4.78 is 11.2. The van der Waals surface area contributed by atoms with Gasteiger partial charge in [0.1, 0.15) is 11.3 Å². The second-order valence-electron chi connectivity index (χ2n) is 7.55. The fourth-order valence-electron chi connectivity index (χ4n) is 3.53. The maximum absolute atomic E-state index is 12.8. The third kappa shape index (κ3) is 3.99. The molecule has 148 valence electrons. The van der Waals surface area contributed by atoms with Crippen molar-refractivity contribution in [1.82, 2.24) is 0 Å². The molecular weight excluding hydrogens is 348 g/mol. The fourth-order valence-corrected chi connectivity index (χ4v) is 3.53. The second kappa shape index (κ2) is 8.64. The molecule has 1 heterocycles. The third-order valence-electron chi connectivity index (χ3n) is 5.71. The summed E-state index contributed by atoms with van der Waals surface area (Å²) in [5.74, 6) is 1.58. The van der Waals surface area contributed by atoms with Gasteiger partial charge in [0, 0.05) is 11.5 Å². The molecule has 0 aliphatic rings. The van der Waals surface area contributed by atoms with Gasteiger partial charge in [-0.1, -0.05) is 45.9 Å². The van der Waals surface area contributed by atoms with E-state index in [9.17, 15) is 4.79 Å². The van der Waals surface area contributed by atoms with Crippen LogP contribution in [0.15, 0.2) is 51.7 Å². The SMILES string of the molecule is CCOc1ccc2cc(-c3ccc(C(C)CC)cc3C(C)CC)c(=O)oc2c1. The Kier molecular flexibility index (Phi) is 6.23. The largest absolute Gasteiger partial charge is 0.494 e. The molecule has 3 aromatic rings. The van der Waals surface area contributed by atoms with Crippen molar-refractivity contribution >= 4 is 11.0 Å². The van der Waals surface area contributed by atoms with E-state index in [0.717, 1.165) is 23.8 Å². The molecule has 0 saturated heterocycles. The van der Waals surface area contributed by atoms with Crippen molar-refractivity contribution in [3.05, 3.63) is 64.0 Å². The maximum Gasteiger partial charge on any atom is 0.344 e. The summed E-state index contributed by atoms with van der Waals surface area (Å²) in [7, 11) is 0. The molecule has 0 bridgehead atoms. The molecule has 0 fully saturated rings. The number of hydrogen-bond donors (Lipinski definition) is 0. The highest BCUT2D eigenvalue weighted by Crippen LogP contribution is 2.34. The van der Waals surface area contributed by atoms with Crippen LogP contribution in [-0.2, 0) is 0 Å². The van der Waals surface area contributed by atoms with Gasteiger partial charge in [0.05, 0.1) is 12.2 Å². The van der Waals surface area contributed by atoms with E-state index in [1.54, 1.807) is 6.07 Å². The highest BCUT2D eigenvalue weighted by Gasteiger charge is 2.17. The lowest BCUT2D eigenvalue weighted by molar-refractivity contribution is 0.340. The quantitative estimate of drug-likeness (QED) is 0.420. The zero-order chi connectivity index (χ0) is 20.3. The molecule has 0 saturated carbocycles. The van der Waals surface area contributed by atoms with Gasteiger partial charge in [-0.15, -0.1) is 0 Å². The summed E-state index contributed by atoms with van der Waals surface area (Å²) >= 11 is 0. The Labute approximate surface area is 167 Å². The van der Waals surface area contributed by atoms with Crippen molar-refractivity contribution < 1.29 is 9.15 Å². The Morgan fingerprint density at radius 2 is 1.64 bits per heavy atom. The molecule has 3 nitrogen and oxygen atoms in total. The van der Waals surface area contributed by atoms with E-state index in [-0.39, 0.29) is 5.63 Å². The Morgan fingerprint density at radius 3 is 2.32 bits per heavy atom. The van der Waals surface area contributed by atoms with Gasteiger partial charge >= 0.3 is 5.63 Å². The molecule has 0 aliphatic heterocycles. The van der Waals surface area contributed by atoms with Crippen LogP contribution in [0.3, 0.4) is 0 Å². The highest BCUT2D eigenvalue weighted by atomic mass is 16.5. The molecule has 0 amide bonds. The molecule has 0 spiro atoms. The topological polar surface area (TPSA) is 39.4 Å². The van der Waals surface area contributed by atoms with E-state index in [2.05, 4.69) is 45.9 Å². The van der Waals surface area contributed by atoms with Gasteiger partial charge in [0.25, 0.3) is 0 Å². The van der Waals surface area contributed by atoms with E-state index < -0.39 is 0 Å². The summed E-state index contributed by atoms with van der Waals surface area (Å²) in [5, 5.41) is 0.902. The zero-order valence-electron chi connectivity index (χ0n) is 17.5. The van der Waals surface area contributed by atoms with Crippen molar-refractivity contribution in [1.29, 1.82) is 0 Å². The minimum atomic E-state index is -0.304. The number of rotatable bonds is 7. The normalized spacial score (nSPS) is 13.5. The van der Waals surface area contributed by atoms with E-state index in [0.29, 0.717) is 35.3 Å². The van der Waals surface area contributed by atoms with Crippen LogP contribution in [0.25, 0.3) is 22.1 Å². The monoisotopic (exact) mass is 378 g/mol. The first kappa shape index (κ1) is 20.2. The van der Waals surface area contributed by atoms with Gasteiger partial charge in [0.15, 0.2) is 0 Å². The minimum absolute atomic E-state index is 0.304. The molecule has 3 heteroatoms. The lowest BCUT2D eigenvalue weighted by Crippen LogP contribution is -2.07. The Balaban J connectivity index is 2.16. The van der Waals surface area contributed by atoms with Crippen molar-refractivity contribution in [3.63, 3.8) is 0 Å². The molecular formula is C25H30O3. The molecule has 0 N–H and O–H groups in total. The smallest absolute Gasteiger partial charge is 0.344 e. The third-order valence-corrected chi connectivity index (χ3v) is 5.71. The molecule has 3 rings (SSSR count). The average Bonchev–Trinajstić information content (AvgIpc) is 2.72. The zero-order valence-corrected chi connectivity index (χ0v) is 17.5. The molecule has 1 aromatic heterocycles. The number of ether oxygens (including phenoxy) is 1. The number of fused-ring (bicyclic) bond motifs is 1. The molecule has 0 radical (unpaired) electrons. The molecule has 2 unspecified atom stereocenters. The first-order valence-corrected chi connectivity index (χ1v) is 10.3. The van der Waals surface area contributed by atoms with Crippen LogP contribution in [0.1, 0.15) is 70.4 Å². The van der Waals surface area contributed by atoms with E-state index >= 15 is 0 Å². The van der Waals surface area contributed by atoms with E-state index in [1.165, 1.54) is 11.1 Å². The summed E-state index contributed by atoms with van der Waals surface area (Å²) in [4.78, 5) is 12.8. The van der Waals surface area contributed by atoms with Crippen LogP contribution in [0.5, 0.6) is 5.75 Å². The summed E-state index contributed by atoms with van der Waals surface area (Å²) in [6.45, 7) is 11.4. The second-order valence-corrected chi connectivity index (χ2v) is 7.55. The number of benzene rings is 2. The van der Waals surface area contributed by atoms with Gasteiger partial charge in [-0.05, 0) is 66.5 Å². The average molecular weight is 379 g/mol. The lowest BCUT2D eigenvalue weighted by atomic mass is 9.86. The van der Waals surface area contributed by atoms with Gasteiger partial charge in [0.2, 0.25) is 0 Å². The van der Waals surface area contributed by atoms with Gasteiger partial charge in [-0.25, -0.2) is 4.79 Å². The van der Waals surface area contributed by atoms with Crippen molar-refractivity contribution in [2.75, 3.05) is 6.61 Å². The number of hydrogen-bond acceptors (Lipinski definition) is 3. The summed E-state index contributed by atoms with van der Waals surface area (Å²) in [6.07, 6.45) is 2.12. The van der Waals surface area contributed by atoms with Gasteiger partial charge < -0.3 is 9.15 Å². The van der Waals surface area contributed by atoms with Crippen LogP contribution in [0, 0.1) is 0 Å². The van der Waals surface area contributed by atoms with E-state index in [4.69, 9.17) is 9.15 Å². The summed E-state index contributed by atoms with van der Waals surface area (Å²) in [6, 6.07) is 14.1. The minimum Gasteiger partial charge on any atom is -0.494 e. The Morgan fingerprint density at radius 1 is 0.893 bits per heavy atom. The predicted molar refractivity (Wildman–Crippen MR) is 117 cm³/mol. The van der Waals surface area contributed by atoms with Crippen LogP contribution < -0.4 is 10.4 Å². The van der Waals surface area contributed by atoms with Crippen LogP contribution in [-0.4, -0.2) is 6.61 Å². The molecule has 2 atom stereocenters. The molecule has 2 aromatic carbocycles. The summed E-state index contributed by atoms with van der Waals surface area (Å²) in [5.41, 5.74) is 4.41. The van der Waals surface area contributed by atoms with Crippen LogP contribution in [0.4, 0.5) is 0 Å². The van der Waals surface area contributed by atoms with Gasteiger partial charge in [-0.3, -0.25) is 0 Å². The van der Waals surface area contributed by atoms with Gasteiger partial charge in [-0.2, -0.15) is 0 Å². The lowest BCUT2D eigenvalue weighted by Gasteiger charge is -2.19. The first-order valence-electron chi connectivity index (χ1n) is 10.3. The van der Waals surface area contributed by atoms with Crippen molar-refractivity contribution in [2.24, 2.45) is 0 Å². The Bertz CT molecular complexity index is 1020. The highest BCUT2D eigenvalue weighted by molar-refractivity contribution is 5.83. The van der Waals surface area contributed by atoms with E-state index in [1.807, 2.05) is 25.1 Å². The van der Waals surface area contributed by atoms with Crippen molar-refractivity contribution in [3.8, 4) is 16.9 Å². The molecule has 28 heavy (non-hydrogen) atoms. The van der Waals surface area contributed by atoms with Crippen molar-refractivity contribution in [2.45, 2.75) is 59.3 Å². The Hall–Kier alpha value is -2.55. The van der Waals surface area contributed by atoms with Crippen LogP contribution in [0.2, 0.25) is 0 Å². The maximum atomic E-state index is 12.8. The first-order chi connectivity index (χ1) is 13.5. The standard InChI is InChI=1S/C25H30O3/c1-6-16(4)18-10-12-21(22(13-18)17(5)7-2)23-14-19-9-11-20(27-8-3)15-24(19)28-25(23)26/h9-17H,6-8H2,1-5H3. The fraction of sp³-hybridized carbons (Fsp3) is 0.400.